The average Bonchev–Trinajstić information content (AvgIpc) is 3.38. The van der Waals surface area contributed by atoms with Crippen molar-refractivity contribution in [2.75, 3.05) is 39.3 Å². The Hall–Kier alpha value is -0.760. The van der Waals surface area contributed by atoms with Crippen LogP contribution < -0.4 is 5.32 Å². The smallest absolute Gasteiger partial charge is 0.194 e. The van der Waals surface area contributed by atoms with Crippen LogP contribution in [0.4, 0.5) is 0 Å². The summed E-state index contributed by atoms with van der Waals surface area (Å²) in [5.74, 6) is 2.92. The fourth-order valence-corrected chi connectivity index (χ4v) is 4.41. The molecule has 0 bridgehead atoms. The van der Waals surface area contributed by atoms with Crippen molar-refractivity contribution in [2.45, 2.75) is 64.8 Å². The molecule has 160 valence electrons. The Morgan fingerprint density at radius 3 is 2.68 bits per heavy atom. The van der Waals surface area contributed by atoms with Gasteiger partial charge in [0.15, 0.2) is 5.96 Å². The van der Waals surface area contributed by atoms with E-state index in [4.69, 9.17) is 9.41 Å². The van der Waals surface area contributed by atoms with E-state index in [0.717, 1.165) is 56.8 Å². The molecule has 1 saturated carbocycles. The summed E-state index contributed by atoms with van der Waals surface area (Å²) in [5, 5.41) is 3.81. The van der Waals surface area contributed by atoms with Gasteiger partial charge in [0.05, 0.1) is 6.26 Å². The molecule has 3 rings (SSSR count). The Balaban J connectivity index is 0.00000280. The Morgan fingerprint density at radius 1 is 1.21 bits per heavy atom. The van der Waals surface area contributed by atoms with Gasteiger partial charge >= 0.3 is 0 Å². The first-order chi connectivity index (χ1) is 13.3. The second-order valence-electron chi connectivity index (χ2n) is 8.10. The van der Waals surface area contributed by atoms with Crippen LogP contribution in [0.15, 0.2) is 27.8 Å². The zero-order chi connectivity index (χ0) is 18.9. The lowest BCUT2D eigenvalue weighted by Gasteiger charge is -2.29. The first kappa shape index (κ1) is 23.5. The number of aliphatic imine (C=N–C) groups is 1. The molecule has 6 heteroatoms. The first-order valence-electron chi connectivity index (χ1n) is 11.1. The van der Waals surface area contributed by atoms with Crippen LogP contribution in [0.2, 0.25) is 0 Å². The number of likely N-dealkylation sites (tertiary alicyclic amines) is 1. The van der Waals surface area contributed by atoms with Crippen LogP contribution in [0.5, 0.6) is 0 Å². The zero-order valence-corrected chi connectivity index (χ0v) is 20.1. The Morgan fingerprint density at radius 2 is 2.00 bits per heavy atom. The van der Waals surface area contributed by atoms with E-state index in [1.165, 1.54) is 45.1 Å². The molecule has 2 fully saturated rings. The lowest BCUT2D eigenvalue weighted by molar-refractivity contribution is 0.255. The third-order valence-electron chi connectivity index (χ3n) is 6.13. The normalized spacial score (nSPS) is 21.2. The summed E-state index contributed by atoms with van der Waals surface area (Å²) in [7, 11) is 0. The van der Waals surface area contributed by atoms with Crippen molar-refractivity contribution >= 4 is 29.9 Å². The maximum Gasteiger partial charge on any atom is 0.194 e. The SMILES string of the molecule is CCN(CC)CC1CCN(C(=NCCc2ccco2)NC2CCCCC2)C1.I. The molecule has 1 aliphatic heterocycles. The number of hydrogen-bond acceptors (Lipinski definition) is 3. The number of nitrogens with zero attached hydrogens (tertiary/aromatic N) is 3. The lowest BCUT2D eigenvalue weighted by Crippen LogP contribution is -2.46. The first-order valence-corrected chi connectivity index (χ1v) is 11.1. The highest BCUT2D eigenvalue weighted by molar-refractivity contribution is 14.0. The molecule has 1 saturated heterocycles. The van der Waals surface area contributed by atoms with Crippen LogP contribution >= 0.6 is 24.0 Å². The fraction of sp³-hybridized carbons (Fsp3) is 0.773. The van der Waals surface area contributed by atoms with Gasteiger partial charge in [-0.25, -0.2) is 0 Å². The van der Waals surface area contributed by atoms with E-state index >= 15 is 0 Å². The van der Waals surface area contributed by atoms with Crippen LogP contribution in [-0.2, 0) is 6.42 Å². The Kier molecular flexibility index (Phi) is 10.7. The number of hydrogen-bond donors (Lipinski definition) is 1. The minimum Gasteiger partial charge on any atom is -0.469 e. The average molecular weight is 502 g/mol. The Labute approximate surface area is 188 Å². The van der Waals surface area contributed by atoms with Crippen LogP contribution in [-0.4, -0.2) is 61.1 Å². The van der Waals surface area contributed by atoms with E-state index in [2.05, 4.69) is 29.0 Å². The molecule has 1 aromatic rings. The molecule has 5 nitrogen and oxygen atoms in total. The number of rotatable bonds is 8. The topological polar surface area (TPSA) is 44.0 Å². The van der Waals surface area contributed by atoms with Crippen molar-refractivity contribution in [3.8, 4) is 0 Å². The summed E-state index contributed by atoms with van der Waals surface area (Å²) in [6, 6.07) is 4.60. The van der Waals surface area contributed by atoms with E-state index in [1.807, 2.05) is 12.1 Å². The molecule has 0 radical (unpaired) electrons. The molecule has 1 aromatic heterocycles. The van der Waals surface area contributed by atoms with Gasteiger partial charge in [-0.2, -0.15) is 0 Å². The number of nitrogens with one attached hydrogen (secondary N) is 1. The quantitative estimate of drug-likeness (QED) is 0.326. The molecule has 2 heterocycles. The monoisotopic (exact) mass is 502 g/mol. The van der Waals surface area contributed by atoms with Crippen LogP contribution in [0.1, 0.15) is 58.1 Å². The summed E-state index contributed by atoms with van der Waals surface area (Å²) in [6.07, 6.45) is 10.6. The summed E-state index contributed by atoms with van der Waals surface area (Å²) in [6.45, 7) is 11.1. The van der Waals surface area contributed by atoms with E-state index in [0.29, 0.717) is 6.04 Å². The second kappa shape index (κ2) is 12.7. The number of furan rings is 1. The van der Waals surface area contributed by atoms with E-state index < -0.39 is 0 Å². The minimum absolute atomic E-state index is 0. The predicted molar refractivity (Wildman–Crippen MR) is 128 cm³/mol. The maximum atomic E-state index is 5.47. The maximum absolute atomic E-state index is 5.47. The van der Waals surface area contributed by atoms with Crippen molar-refractivity contribution in [1.82, 2.24) is 15.1 Å². The molecule has 1 unspecified atom stereocenters. The van der Waals surface area contributed by atoms with Crippen molar-refractivity contribution in [3.05, 3.63) is 24.2 Å². The molecule has 1 atom stereocenters. The van der Waals surface area contributed by atoms with Gasteiger partial charge < -0.3 is 19.5 Å². The third-order valence-corrected chi connectivity index (χ3v) is 6.13. The molecule has 1 aliphatic carbocycles. The molecule has 0 aromatic carbocycles. The van der Waals surface area contributed by atoms with Crippen LogP contribution in [0.25, 0.3) is 0 Å². The summed E-state index contributed by atoms with van der Waals surface area (Å²) < 4.78 is 5.47. The van der Waals surface area contributed by atoms with Crippen molar-refractivity contribution in [3.63, 3.8) is 0 Å². The van der Waals surface area contributed by atoms with Gasteiger partial charge in [-0.3, -0.25) is 4.99 Å². The van der Waals surface area contributed by atoms with Gasteiger partial charge in [0.25, 0.3) is 0 Å². The number of halogens is 1. The van der Waals surface area contributed by atoms with Gasteiger partial charge in [0, 0.05) is 38.6 Å². The fourth-order valence-electron chi connectivity index (χ4n) is 4.41. The highest BCUT2D eigenvalue weighted by Crippen LogP contribution is 2.21. The van der Waals surface area contributed by atoms with Crippen LogP contribution in [0.3, 0.4) is 0 Å². The van der Waals surface area contributed by atoms with Crippen molar-refractivity contribution in [2.24, 2.45) is 10.9 Å². The molecule has 0 amide bonds. The lowest BCUT2D eigenvalue weighted by atomic mass is 9.96. The molecular weight excluding hydrogens is 463 g/mol. The molecule has 2 aliphatic rings. The van der Waals surface area contributed by atoms with E-state index in [1.54, 1.807) is 6.26 Å². The summed E-state index contributed by atoms with van der Waals surface area (Å²) >= 11 is 0. The number of guanidine groups is 1. The third kappa shape index (κ3) is 7.25. The molecule has 28 heavy (non-hydrogen) atoms. The van der Waals surface area contributed by atoms with Crippen molar-refractivity contribution in [1.29, 1.82) is 0 Å². The van der Waals surface area contributed by atoms with Gasteiger partial charge in [-0.15, -0.1) is 24.0 Å². The van der Waals surface area contributed by atoms with Gasteiger partial charge in [0.1, 0.15) is 5.76 Å². The minimum atomic E-state index is 0. The zero-order valence-electron chi connectivity index (χ0n) is 17.7. The van der Waals surface area contributed by atoms with E-state index in [9.17, 15) is 0 Å². The van der Waals surface area contributed by atoms with Crippen LogP contribution in [0, 0.1) is 5.92 Å². The van der Waals surface area contributed by atoms with Gasteiger partial charge in [0.2, 0.25) is 0 Å². The molecule has 1 N–H and O–H groups in total. The second-order valence-corrected chi connectivity index (χ2v) is 8.10. The summed E-state index contributed by atoms with van der Waals surface area (Å²) in [4.78, 5) is 10.0. The highest BCUT2D eigenvalue weighted by Gasteiger charge is 2.27. The molecule has 0 spiro atoms. The van der Waals surface area contributed by atoms with Gasteiger partial charge in [-0.1, -0.05) is 33.1 Å². The summed E-state index contributed by atoms with van der Waals surface area (Å²) in [5.41, 5.74) is 0. The largest absolute Gasteiger partial charge is 0.469 e. The standard InChI is InChI=1S/C22H38N4O.HI/c1-3-25(4-2)17-19-13-15-26(18-19)22(24-20-9-6-5-7-10-20)23-14-12-21-11-8-16-27-21;/h8,11,16,19-20H,3-7,9-10,12-15,17-18H2,1-2H3,(H,23,24);1H. The van der Waals surface area contributed by atoms with Crippen molar-refractivity contribution < 1.29 is 4.42 Å². The predicted octanol–water partition coefficient (Wildman–Crippen LogP) is 4.38. The highest BCUT2D eigenvalue weighted by atomic mass is 127. The van der Waals surface area contributed by atoms with E-state index in [-0.39, 0.29) is 24.0 Å². The van der Waals surface area contributed by atoms with Gasteiger partial charge in [-0.05, 0) is 50.4 Å². The molecular formula is C22H39IN4O. The Bertz CT molecular complexity index is 553.